The summed E-state index contributed by atoms with van der Waals surface area (Å²) in [4.78, 5) is 2.36. The van der Waals surface area contributed by atoms with E-state index >= 15 is 0 Å². The van der Waals surface area contributed by atoms with Crippen molar-refractivity contribution in [3.05, 3.63) is 188 Å². The van der Waals surface area contributed by atoms with Crippen LogP contribution >= 0.6 is 0 Å². The first kappa shape index (κ1) is 27.5. The van der Waals surface area contributed by atoms with Crippen molar-refractivity contribution in [1.29, 1.82) is 0 Å². The predicted octanol–water partition coefficient (Wildman–Crippen LogP) is 12.5. The number of hydrogen-bond donors (Lipinski definition) is 0. The molecule has 2 heterocycles. The summed E-state index contributed by atoms with van der Waals surface area (Å²) in [6, 6.07) is 67.8. The molecule has 0 aliphatic rings. The van der Waals surface area contributed by atoms with Crippen LogP contribution < -0.4 is 4.90 Å². The first-order valence-corrected chi connectivity index (χ1v) is 16.8. The van der Waals surface area contributed by atoms with Gasteiger partial charge < -0.3 is 14.0 Å². The summed E-state index contributed by atoms with van der Waals surface area (Å²) < 4.78 is 4.78. The quantitative estimate of drug-likeness (QED) is 0.185. The smallest absolute Gasteiger partial charge is 0.0561 e. The molecule has 8 aromatic carbocycles. The molecular weight excluding hydrogens is 595 g/mol. The Morgan fingerprint density at radius 3 is 1.61 bits per heavy atom. The van der Waals surface area contributed by atoms with Gasteiger partial charge in [0.1, 0.15) is 0 Å². The molecule has 0 aliphatic carbocycles. The van der Waals surface area contributed by atoms with Gasteiger partial charge in [0, 0.05) is 50.0 Å². The molecule has 10 aromatic rings. The third kappa shape index (κ3) is 4.29. The molecular formula is C46H31N3. The second-order valence-electron chi connectivity index (χ2n) is 12.6. The molecule has 0 amide bonds. The number of nitrogens with zero attached hydrogens (tertiary/aromatic N) is 3. The van der Waals surface area contributed by atoms with Gasteiger partial charge in [-0.25, -0.2) is 0 Å². The lowest BCUT2D eigenvalue weighted by Crippen LogP contribution is -2.10. The van der Waals surface area contributed by atoms with Gasteiger partial charge in [-0.1, -0.05) is 109 Å². The highest BCUT2D eigenvalue weighted by molar-refractivity contribution is 6.21. The molecule has 0 saturated heterocycles. The van der Waals surface area contributed by atoms with Crippen molar-refractivity contribution in [3.63, 3.8) is 0 Å². The lowest BCUT2D eigenvalue weighted by Gasteiger charge is -2.26. The lowest BCUT2D eigenvalue weighted by molar-refractivity contribution is 1.17. The summed E-state index contributed by atoms with van der Waals surface area (Å²) in [6.45, 7) is 0. The van der Waals surface area contributed by atoms with Gasteiger partial charge in [-0.3, -0.25) is 0 Å². The maximum atomic E-state index is 2.40. The van der Waals surface area contributed by atoms with Crippen molar-refractivity contribution in [2.45, 2.75) is 0 Å². The molecule has 0 bridgehead atoms. The van der Waals surface area contributed by atoms with Crippen LogP contribution in [0.1, 0.15) is 0 Å². The highest BCUT2D eigenvalue weighted by Gasteiger charge is 2.19. The van der Waals surface area contributed by atoms with E-state index in [1.54, 1.807) is 0 Å². The minimum Gasteiger partial charge on any atom is -0.310 e. The first-order chi connectivity index (χ1) is 24.3. The first-order valence-electron chi connectivity index (χ1n) is 16.8. The van der Waals surface area contributed by atoms with Crippen molar-refractivity contribution in [2.75, 3.05) is 4.90 Å². The van der Waals surface area contributed by atoms with Crippen LogP contribution in [-0.4, -0.2) is 9.13 Å². The fourth-order valence-electron chi connectivity index (χ4n) is 7.75. The fourth-order valence-corrected chi connectivity index (χ4v) is 7.75. The Labute approximate surface area is 284 Å². The average molecular weight is 626 g/mol. The van der Waals surface area contributed by atoms with E-state index in [1.807, 2.05) is 0 Å². The van der Waals surface area contributed by atoms with Gasteiger partial charge >= 0.3 is 0 Å². The molecule has 0 fully saturated rings. The van der Waals surface area contributed by atoms with E-state index in [1.165, 1.54) is 54.4 Å². The summed E-state index contributed by atoms with van der Waals surface area (Å²) in [5, 5.41) is 7.60. The number of para-hydroxylation sites is 4. The topological polar surface area (TPSA) is 13.1 Å². The fraction of sp³-hybridized carbons (Fsp3) is 0. The molecule has 0 atom stereocenters. The van der Waals surface area contributed by atoms with Crippen LogP contribution in [0.25, 0.3) is 65.8 Å². The molecule has 0 aliphatic heterocycles. The van der Waals surface area contributed by atoms with E-state index in [0.717, 1.165) is 28.4 Å². The van der Waals surface area contributed by atoms with Crippen LogP contribution in [0.15, 0.2) is 188 Å². The van der Waals surface area contributed by atoms with Gasteiger partial charge in [0.05, 0.1) is 22.1 Å². The number of rotatable bonds is 5. The number of fused-ring (bicyclic) bond motifs is 8. The summed E-state index contributed by atoms with van der Waals surface area (Å²) in [5.41, 5.74) is 10.4. The Morgan fingerprint density at radius 2 is 0.837 bits per heavy atom. The molecule has 2 aromatic heterocycles. The molecule has 3 heteroatoms. The van der Waals surface area contributed by atoms with E-state index in [2.05, 4.69) is 202 Å². The van der Waals surface area contributed by atoms with Gasteiger partial charge in [0.25, 0.3) is 0 Å². The molecule has 3 nitrogen and oxygen atoms in total. The maximum Gasteiger partial charge on any atom is 0.0561 e. The maximum absolute atomic E-state index is 2.40. The summed E-state index contributed by atoms with van der Waals surface area (Å²) in [7, 11) is 0. The largest absolute Gasteiger partial charge is 0.310 e. The Balaban J connectivity index is 1.16. The molecule has 49 heavy (non-hydrogen) atoms. The van der Waals surface area contributed by atoms with Crippen molar-refractivity contribution >= 4 is 71.4 Å². The zero-order valence-corrected chi connectivity index (χ0v) is 26.7. The third-order valence-corrected chi connectivity index (χ3v) is 9.87. The molecule has 0 spiro atoms. The molecule has 0 N–H and O–H groups in total. The predicted molar refractivity (Wildman–Crippen MR) is 207 cm³/mol. The summed E-state index contributed by atoms with van der Waals surface area (Å²) in [6.07, 6.45) is 0. The zero-order chi connectivity index (χ0) is 32.3. The number of benzene rings is 8. The van der Waals surface area contributed by atoms with E-state index in [4.69, 9.17) is 0 Å². The van der Waals surface area contributed by atoms with Crippen LogP contribution in [-0.2, 0) is 0 Å². The minimum atomic E-state index is 1.10. The highest BCUT2D eigenvalue weighted by Crippen LogP contribution is 2.41. The Bertz CT molecular complexity index is 2810. The van der Waals surface area contributed by atoms with E-state index in [0.29, 0.717) is 0 Å². The third-order valence-electron chi connectivity index (χ3n) is 9.87. The molecule has 230 valence electrons. The molecule has 0 unspecified atom stereocenters. The number of aromatic nitrogens is 2. The molecule has 10 rings (SSSR count). The van der Waals surface area contributed by atoms with Gasteiger partial charge in [0.2, 0.25) is 0 Å². The lowest BCUT2D eigenvalue weighted by atomic mass is 10.0. The molecule has 0 saturated carbocycles. The SMILES string of the molecule is c1ccc(N(c2ccc(-n3c4ccccc4c4c5ccccc5ccc43)cc2)c2ccc3c4ccccc4n(-c4ccccc4)c3c2)cc1. The Hall–Kier alpha value is -6.58. The van der Waals surface area contributed by atoms with Crippen LogP contribution in [0.4, 0.5) is 17.1 Å². The van der Waals surface area contributed by atoms with Gasteiger partial charge in [-0.2, -0.15) is 0 Å². The minimum absolute atomic E-state index is 1.10. The summed E-state index contributed by atoms with van der Waals surface area (Å²) >= 11 is 0. The van der Waals surface area contributed by atoms with Crippen molar-refractivity contribution in [3.8, 4) is 11.4 Å². The van der Waals surface area contributed by atoms with Crippen molar-refractivity contribution in [1.82, 2.24) is 9.13 Å². The van der Waals surface area contributed by atoms with E-state index in [9.17, 15) is 0 Å². The van der Waals surface area contributed by atoms with Gasteiger partial charge in [-0.15, -0.1) is 0 Å². The highest BCUT2D eigenvalue weighted by atomic mass is 15.1. The van der Waals surface area contributed by atoms with Gasteiger partial charge in [-0.05, 0) is 89.6 Å². The average Bonchev–Trinajstić information content (AvgIpc) is 3.69. The second kappa shape index (κ2) is 11.0. The Kier molecular flexibility index (Phi) is 6.18. The second-order valence-corrected chi connectivity index (χ2v) is 12.6. The van der Waals surface area contributed by atoms with Crippen LogP contribution in [0.3, 0.4) is 0 Å². The van der Waals surface area contributed by atoms with Crippen LogP contribution in [0.5, 0.6) is 0 Å². The van der Waals surface area contributed by atoms with E-state index in [-0.39, 0.29) is 0 Å². The number of anilines is 3. The number of hydrogen-bond acceptors (Lipinski definition) is 1. The Morgan fingerprint density at radius 1 is 0.306 bits per heavy atom. The monoisotopic (exact) mass is 625 g/mol. The standard InChI is InChI=1S/C46H31N3/c1-3-14-33(15-4-1)47(37-28-29-40-39-19-9-11-21-42(39)49(45(40)31-37)34-16-5-2-6-17-34)35-24-26-36(27-25-35)48-43-22-12-10-20-41(43)46-38-18-8-7-13-32(38)23-30-44(46)48/h1-31H. The normalized spacial score (nSPS) is 11.7. The van der Waals surface area contributed by atoms with Crippen molar-refractivity contribution < 1.29 is 0 Å². The van der Waals surface area contributed by atoms with Crippen molar-refractivity contribution in [2.24, 2.45) is 0 Å². The van der Waals surface area contributed by atoms with Crippen LogP contribution in [0.2, 0.25) is 0 Å². The van der Waals surface area contributed by atoms with Gasteiger partial charge in [0.15, 0.2) is 0 Å². The van der Waals surface area contributed by atoms with Crippen LogP contribution in [0, 0.1) is 0 Å². The molecule has 0 radical (unpaired) electrons. The summed E-state index contributed by atoms with van der Waals surface area (Å²) in [5.74, 6) is 0. The van der Waals surface area contributed by atoms with E-state index < -0.39 is 0 Å². The zero-order valence-electron chi connectivity index (χ0n) is 26.7.